The Morgan fingerprint density at radius 1 is 1.00 bits per heavy atom. The maximum Gasteiger partial charge on any atom is 0.251 e. The number of sulfonamides is 1. The quantitative estimate of drug-likeness (QED) is 0.727. The van der Waals surface area contributed by atoms with Gasteiger partial charge in [-0.05, 0) is 67.7 Å². The van der Waals surface area contributed by atoms with E-state index >= 15 is 0 Å². The molecule has 6 nitrogen and oxygen atoms in total. The number of rotatable bonds is 7. The Kier molecular flexibility index (Phi) is 6.92. The maximum atomic E-state index is 12.4. The molecule has 0 radical (unpaired) electrons. The van der Waals surface area contributed by atoms with E-state index < -0.39 is 10.0 Å². The van der Waals surface area contributed by atoms with Crippen molar-refractivity contribution in [1.29, 1.82) is 0 Å². The average Bonchev–Trinajstić information content (AvgIpc) is 2.68. The Bertz CT molecular complexity index is 950. The fourth-order valence-electron chi connectivity index (χ4n) is 3.54. The van der Waals surface area contributed by atoms with E-state index in [1.54, 1.807) is 25.1 Å². The Hall–Kier alpha value is -2.38. The number of nitrogens with zero attached hydrogens (tertiary/aromatic N) is 1. The lowest BCUT2D eigenvalue weighted by atomic mass is 10.1. The number of hydrogen-bond acceptors (Lipinski definition) is 4. The Morgan fingerprint density at radius 2 is 1.66 bits per heavy atom. The topological polar surface area (TPSA) is 78.5 Å². The lowest BCUT2D eigenvalue weighted by molar-refractivity contribution is 0.0951. The van der Waals surface area contributed by atoms with Crippen LogP contribution in [0.1, 0.15) is 46.3 Å². The molecule has 0 spiro atoms. The van der Waals surface area contributed by atoms with E-state index in [1.165, 1.54) is 37.9 Å². The van der Waals surface area contributed by atoms with E-state index in [4.69, 9.17) is 0 Å². The fraction of sp³-hybridized carbons (Fsp3) is 0.409. The van der Waals surface area contributed by atoms with Gasteiger partial charge in [0, 0.05) is 18.7 Å². The molecule has 1 heterocycles. The lowest BCUT2D eigenvalue weighted by Gasteiger charge is -2.26. The number of hydrogen-bond donors (Lipinski definition) is 2. The third-order valence-corrected chi connectivity index (χ3v) is 5.71. The fourth-order valence-corrected chi connectivity index (χ4v) is 4.17. The zero-order valence-corrected chi connectivity index (χ0v) is 17.9. The number of carbonyl (C=O) groups excluding carboxylic acids is 1. The van der Waals surface area contributed by atoms with Gasteiger partial charge in [-0.15, -0.1) is 0 Å². The van der Waals surface area contributed by atoms with Crippen molar-refractivity contribution in [3.8, 4) is 0 Å². The molecule has 1 fully saturated rings. The van der Waals surface area contributed by atoms with Gasteiger partial charge in [-0.3, -0.25) is 14.4 Å². The van der Waals surface area contributed by atoms with Crippen LogP contribution < -0.4 is 10.0 Å². The highest BCUT2D eigenvalue weighted by Gasteiger charge is 2.11. The van der Waals surface area contributed by atoms with Crippen molar-refractivity contribution in [2.24, 2.45) is 0 Å². The Balaban J connectivity index is 1.54. The molecule has 3 rings (SSSR count). The van der Waals surface area contributed by atoms with Crippen LogP contribution in [-0.4, -0.2) is 38.6 Å². The van der Waals surface area contributed by atoms with Crippen molar-refractivity contribution >= 4 is 21.6 Å². The lowest BCUT2D eigenvalue weighted by Crippen LogP contribution is -2.29. The average molecular weight is 416 g/mol. The Morgan fingerprint density at radius 3 is 2.28 bits per heavy atom. The van der Waals surface area contributed by atoms with Crippen LogP contribution in [0.15, 0.2) is 42.5 Å². The summed E-state index contributed by atoms with van der Waals surface area (Å²) in [5.41, 5.74) is 4.03. The monoisotopic (exact) mass is 415 g/mol. The van der Waals surface area contributed by atoms with Gasteiger partial charge in [0.25, 0.3) is 5.91 Å². The van der Waals surface area contributed by atoms with Crippen molar-refractivity contribution in [2.45, 2.75) is 39.3 Å². The van der Waals surface area contributed by atoms with Gasteiger partial charge in [-0.25, -0.2) is 8.42 Å². The van der Waals surface area contributed by atoms with Crippen molar-refractivity contribution in [3.63, 3.8) is 0 Å². The minimum Gasteiger partial charge on any atom is -0.348 e. The van der Waals surface area contributed by atoms with E-state index in [2.05, 4.69) is 39.2 Å². The molecule has 29 heavy (non-hydrogen) atoms. The van der Waals surface area contributed by atoms with Crippen LogP contribution in [0.5, 0.6) is 0 Å². The van der Waals surface area contributed by atoms with Crippen molar-refractivity contribution < 1.29 is 13.2 Å². The number of piperidine rings is 1. The van der Waals surface area contributed by atoms with Gasteiger partial charge >= 0.3 is 0 Å². The van der Waals surface area contributed by atoms with E-state index in [-0.39, 0.29) is 5.91 Å². The normalized spacial score (nSPS) is 15.1. The smallest absolute Gasteiger partial charge is 0.251 e. The van der Waals surface area contributed by atoms with Gasteiger partial charge in [0.1, 0.15) is 0 Å². The summed E-state index contributed by atoms with van der Waals surface area (Å²) in [4.78, 5) is 14.9. The number of carbonyl (C=O) groups is 1. The van der Waals surface area contributed by atoms with Crippen molar-refractivity contribution in [2.75, 3.05) is 24.1 Å². The number of nitrogens with one attached hydrogen (secondary N) is 2. The number of likely N-dealkylation sites (tertiary alicyclic amines) is 1. The molecule has 2 N–H and O–H groups in total. The Labute approximate surface area is 173 Å². The second-order valence-electron chi connectivity index (χ2n) is 7.74. The summed E-state index contributed by atoms with van der Waals surface area (Å²) in [6.45, 7) is 5.56. The predicted octanol–water partition coefficient (Wildman–Crippen LogP) is 3.28. The maximum absolute atomic E-state index is 12.4. The highest BCUT2D eigenvalue weighted by atomic mass is 32.2. The van der Waals surface area contributed by atoms with Gasteiger partial charge < -0.3 is 5.32 Å². The molecule has 0 atom stereocenters. The molecule has 1 aliphatic rings. The first-order valence-electron chi connectivity index (χ1n) is 9.97. The molecule has 1 aliphatic heterocycles. The van der Waals surface area contributed by atoms with E-state index in [0.29, 0.717) is 23.4 Å². The summed E-state index contributed by atoms with van der Waals surface area (Å²) >= 11 is 0. The number of anilines is 1. The molecule has 0 bridgehead atoms. The highest BCUT2D eigenvalue weighted by molar-refractivity contribution is 7.92. The highest BCUT2D eigenvalue weighted by Crippen LogP contribution is 2.18. The molecule has 156 valence electrons. The number of amides is 1. The second kappa shape index (κ2) is 9.41. The van der Waals surface area contributed by atoms with E-state index in [0.717, 1.165) is 18.4 Å². The molecule has 1 saturated heterocycles. The first-order chi connectivity index (χ1) is 13.8. The van der Waals surface area contributed by atoms with Gasteiger partial charge in [-0.1, -0.05) is 30.7 Å². The number of aryl methyl sites for hydroxylation is 1. The second-order valence-corrected chi connectivity index (χ2v) is 9.49. The number of benzene rings is 2. The molecule has 7 heteroatoms. The van der Waals surface area contributed by atoms with Crippen LogP contribution in [0.4, 0.5) is 5.69 Å². The summed E-state index contributed by atoms with van der Waals surface area (Å²) in [5, 5.41) is 2.92. The molecule has 2 aromatic rings. The molecular formula is C22H29N3O3S. The van der Waals surface area contributed by atoms with Gasteiger partial charge in [-0.2, -0.15) is 0 Å². The van der Waals surface area contributed by atoms with Crippen LogP contribution in [0.25, 0.3) is 0 Å². The summed E-state index contributed by atoms with van der Waals surface area (Å²) in [5.74, 6) is -0.184. The van der Waals surface area contributed by atoms with Gasteiger partial charge in [0.05, 0.1) is 11.9 Å². The van der Waals surface area contributed by atoms with Crippen LogP contribution in [-0.2, 0) is 23.1 Å². The third-order valence-electron chi connectivity index (χ3n) is 5.11. The molecular weight excluding hydrogens is 386 g/mol. The van der Waals surface area contributed by atoms with E-state index in [9.17, 15) is 13.2 Å². The first kappa shape index (κ1) is 21.3. The largest absolute Gasteiger partial charge is 0.348 e. The van der Waals surface area contributed by atoms with Gasteiger partial charge in [0.2, 0.25) is 10.0 Å². The minimum absolute atomic E-state index is 0.184. The van der Waals surface area contributed by atoms with Crippen LogP contribution in [0, 0.1) is 6.92 Å². The summed E-state index contributed by atoms with van der Waals surface area (Å²) in [7, 11) is -3.35. The van der Waals surface area contributed by atoms with Crippen molar-refractivity contribution in [3.05, 3.63) is 64.7 Å². The standard InChI is InChI=1S/C22H29N3O3S/c1-17-14-20(10-11-21(17)24-29(2,27)28)22(26)23-15-18-6-8-19(9-7-18)16-25-12-4-3-5-13-25/h6-11,14,24H,3-5,12-13,15-16H2,1-2H3,(H,23,26). The summed E-state index contributed by atoms with van der Waals surface area (Å²) < 4.78 is 25.2. The van der Waals surface area contributed by atoms with E-state index in [1.807, 2.05) is 0 Å². The SMILES string of the molecule is Cc1cc(C(=O)NCc2ccc(CN3CCCCC3)cc2)ccc1NS(C)(=O)=O. The van der Waals surface area contributed by atoms with Crippen LogP contribution in [0.2, 0.25) is 0 Å². The summed E-state index contributed by atoms with van der Waals surface area (Å²) in [6, 6.07) is 13.3. The zero-order chi connectivity index (χ0) is 20.9. The molecule has 2 aromatic carbocycles. The van der Waals surface area contributed by atoms with Gasteiger partial charge in [0.15, 0.2) is 0 Å². The molecule has 0 unspecified atom stereocenters. The predicted molar refractivity (Wildman–Crippen MR) is 116 cm³/mol. The minimum atomic E-state index is -3.35. The van der Waals surface area contributed by atoms with Crippen LogP contribution >= 0.6 is 0 Å². The molecule has 0 aliphatic carbocycles. The third kappa shape index (κ3) is 6.58. The molecule has 0 saturated carbocycles. The zero-order valence-electron chi connectivity index (χ0n) is 17.1. The summed E-state index contributed by atoms with van der Waals surface area (Å²) in [6.07, 6.45) is 5.01. The first-order valence-corrected chi connectivity index (χ1v) is 11.9. The van der Waals surface area contributed by atoms with Crippen molar-refractivity contribution in [1.82, 2.24) is 10.2 Å². The molecule has 0 aromatic heterocycles. The molecule has 1 amide bonds. The van der Waals surface area contributed by atoms with Crippen LogP contribution in [0.3, 0.4) is 0 Å².